The maximum Gasteiger partial charge on any atom is 0.345 e. The Balaban J connectivity index is 5.09. The molecular formula is C7H12N2O7. The van der Waals surface area contributed by atoms with Crippen molar-refractivity contribution in [3.05, 3.63) is 20.2 Å². The number of nitro groups is 1. The van der Waals surface area contributed by atoms with E-state index in [0.717, 1.165) is 13.8 Å². The molecule has 0 aliphatic rings. The monoisotopic (exact) mass is 236 g/mol. The summed E-state index contributed by atoms with van der Waals surface area (Å²) in [6.07, 6.45) is 0. The Bertz CT molecular complexity index is 305. The lowest BCUT2D eigenvalue weighted by Crippen LogP contribution is -2.53. The average Bonchev–Trinajstić information content (AvgIpc) is 2.15. The molecule has 0 rings (SSSR count). The Hall–Kier alpha value is -1.93. The molecule has 16 heavy (non-hydrogen) atoms. The third-order valence-corrected chi connectivity index (χ3v) is 2.06. The Kier molecular flexibility index (Phi) is 4.60. The lowest BCUT2D eigenvalue weighted by atomic mass is 9.99. The largest absolute Gasteiger partial charge is 0.464 e. The van der Waals surface area contributed by atoms with Crippen molar-refractivity contribution in [1.82, 2.24) is 0 Å². The number of ether oxygens (including phenoxy) is 1. The van der Waals surface area contributed by atoms with E-state index < -0.39 is 27.6 Å². The summed E-state index contributed by atoms with van der Waals surface area (Å²) in [5, 5.41) is 19.5. The molecule has 0 saturated heterocycles. The fourth-order valence-electron chi connectivity index (χ4n) is 0.914. The highest BCUT2D eigenvalue weighted by Crippen LogP contribution is 2.20. The van der Waals surface area contributed by atoms with Crippen LogP contribution in [0.25, 0.3) is 0 Å². The first-order chi connectivity index (χ1) is 7.25. The summed E-state index contributed by atoms with van der Waals surface area (Å²) in [5.74, 6) is -1.14. The fourth-order valence-corrected chi connectivity index (χ4v) is 0.914. The maximum absolute atomic E-state index is 11.4. The van der Waals surface area contributed by atoms with Crippen LogP contribution in [-0.2, 0) is 14.4 Å². The molecule has 0 spiro atoms. The highest BCUT2D eigenvalue weighted by molar-refractivity contribution is 5.79. The van der Waals surface area contributed by atoms with Gasteiger partial charge < -0.3 is 4.74 Å². The number of nitrogens with zero attached hydrogens (tertiary/aromatic N) is 2. The number of carbonyl (C=O) groups excluding carboxylic acids is 1. The second kappa shape index (κ2) is 5.24. The molecule has 0 amide bonds. The number of rotatable bonds is 6. The minimum Gasteiger partial charge on any atom is -0.464 e. The van der Waals surface area contributed by atoms with Crippen molar-refractivity contribution in [3.63, 3.8) is 0 Å². The van der Waals surface area contributed by atoms with Crippen molar-refractivity contribution in [3.8, 4) is 0 Å². The van der Waals surface area contributed by atoms with E-state index in [1.807, 2.05) is 0 Å². The molecule has 0 aromatic heterocycles. The molecule has 0 bridgehead atoms. The van der Waals surface area contributed by atoms with Gasteiger partial charge in [0.05, 0.1) is 6.61 Å². The first-order valence-corrected chi connectivity index (χ1v) is 4.40. The number of hydrogen-bond acceptors (Lipinski definition) is 7. The molecule has 2 unspecified atom stereocenters. The van der Waals surface area contributed by atoms with Gasteiger partial charge in [0.1, 0.15) is 0 Å². The van der Waals surface area contributed by atoms with E-state index in [-0.39, 0.29) is 6.61 Å². The van der Waals surface area contributed by atoms with Crippen molar-refractivity contribution >= 4 is 5.97 Å². The Morgan fingerprint density at radius 1 is 1.44 bits per heavy atom. The SMILES string of the molecule is CCOC(=O)C(C)(O[N+](=O)[O-])C(C)[N+](=O)[O-]. The maximum atomic E-state index is 11.4. The standard InChI is InChI=1S/C7H12N2O7/c1-4-15-6(10)7(3,16-9(13)14)5(2)8(11)12/h5H,4H2,1-3H3. The van der Waals surface area contributed by atoms with Gasteiger partial charge in [0.2, 0.25) is 6.04 Å². The summed E-state index contributed by atoms with van der Waals surface area (Å²) in [7, 11) is 0. The summed E-state index contributed by atoms with van der Waals surface area (Å²) in [4.78, 5) is 35.4. The van der Waals surface area contributed by atoms with Crippen molar-refractivity contribution in [1.29, 1.82) is 0 Å². The Morgan fingerprint density at radius 2 is 1.94 bits per heavy atom. The molecule has 92 valence electrons. The summed E-state index contributed by atoms with van der Waals surface area (Å²) >= 11 is 0. The Morgan fingerprint density at radius 3 is 2.25 bits per heavy atom. The van der Waals surface area contributed by atoms with Crippen LogP contribution in [-0.4, -0.2) is 34.2 Å². The highest BCUT2D eigenvalue weighted by Gasteiger charge is 2.51. The average molecular weight is 236 g/mol. The van der Waals surface area contributed by atoms with E-state index in [2.05, 4.69) is 9.57 Å². The van der Waals surface area contributed by atoms with Crippen LogP contribution in [0.2, 0.25) is 0 Å². The quantitative estimate of drug-likeness (QED) is 0.366. The van der Waals surface area contributed by atoms with E-state index in [0.29, 0.717) is 0 Å². The highest BCUT2D eigenvalue weighted by atomic mass is 17.0. The number of hydrogen-bond donors (Lipinski definition) is 0. The van der Waals surface area contributed by atoms with Crippen molar-refractivity contribution in [2.24, 2.45) is 0 Å². The van der Waals surface area contributed by atoms with Gasteiger partial charge in [-0.3, -0.25) is 15.0 Å². The number of carbonyl (C=O) groups is 1. The first-order valence-electron chi connectivity index (χ1n) is 4.40. The molecule has 9 heteroatoms. The fraction of sp³-hybridized carbons (Fsp3) is 0.857. The predicted octanol–water partition coefficient (Wildman–Crippen LogP) is 0.182. The molecule has 9 nitrogen and oxygen atoms in total. The van der Waals surface area contributed by atoms with Crippen LogP contribution in [0.15, 0.2) is 0 Å². The van der Waals surface area contributed by atoms with E-state index >= 15 is 0 Å². The van der Waals surface area contributed by atoms with Gasteiger partial charge in [-0.2, -0.15) is 0 Å². The smallest absolute Gasteiger partial charge is 0.345 e. The van der Waals surface area contributed by atoms with E-state index in [1.54, 1.807) is 0 Å². The van der Waals surface area contributed by atoms with Gasteiger partial charge in [-0.15, -0.1) is 10.1 Å². The second-order valence-corrected chi connectivity index (χ2v) is 3.10. The third kappa shape index (κ3) is 3.04. The van der Waals surface area contributed by atoms with Gasteiger partial charge in [-0.25, -0.2) is 4.79 Å². The van der Waals surface area contributed by atoms with Gasteiger partial charge in [0.15, 0.2) is 0 Å². The van der Waals surface area contributed by atoms with Gasteiger partial charge >= 0.3 is 5.97 Å². The molecular weight excluding hydrogens is 224 g/mol. The minimum atomic E-state index is -2.25. The van der Waals surface area contributed by atoms with E-state index in [1.165, 1.54) is 6.92 Å². The molecule has 0 aliphatic heterocycles. The van der Waals surface area contributed by atoms with Crippen molar-refractivity contribution in [2.45, 2.75) is 32.4 Å². The summed E-state index contributed by atoms with van der Waals surface area (Å²) < 4.78 is 4.51. The van der Waals surface area contributed by atoms with Crippen LogP contribution in [0.3, 0.4) is 0 Å². The van der Waals surface area contributed by atoms with Gasteiger partial charge in [-0.1, -0.05) is 0 Å². The predicted molar refractivity (Wildman–Crippen MR) is 49.6 cm³/mol. The molecule has 2 atom stereocenters. The van der Waals surface area contributed by atoms with Gasteiger partial charge in [0, 0.05) is 11.8 Å². The third-order valence-electron chi connectivity index (χ3n) is 2.06. The topological polar surface area (TPSA) is 122 Å². The summed E-state index contributed by atoms with van der Waals surface area (Å²) in [5.41, 5.74) is -2.25. The second-order valence-electron chi connectivity index (χ2n) is 3.10. The number of esters is 1. The van der Waals surface area contributed by atoms with Crippen LogP contribution >= 0.6 is 0 Å². The van der Waals surface area contributed by atoms with Crippen LogP contribution in [0.5, 0.6) is 0 Å². The van der Waals surface area contributed by atoms with Crippen LogP contribution < -0.4 is 0 Å². The van der Waals surface area contributed by atoms with E-state index in [9.17, 15) is 25.0 Å². The molecule has 0 N–H and O–H groups in total. The van der Waals surface area contributed by atoms with Gasteiger partial charge in [-0.05, 0) is 13.8 Å². The minimum absolute atomic E-state index is 0.0556. The van der Waals surface area contributed by atoms with E-state index in [4.69, 9.17) is 0 Å². The molecule has 0 aromatic rings. The Labute approximate surface area is 90.6 Å². The zero-order chi connectivity index (χ0) is 12.9. The van der Waals surface area contributed by atoms with Crippen molar-refractivity contribution < 1.29 is 24.4 Å². The zero-order valence-corrected chi connectivity index (χ0v) is 9.04. The lowest BCUT2D eigenvalue weighted by Gasteiger charge is -2.24. The summed E-state index contributed by atoms with van der Waals surface area (Å²) in [6, 6.07) is -1.60. The van der Waals surface area contributed by atoms with Crippen molar-refractivity contribution in [2.75, 3.05) is 6.61 Å². The normalized spacial score (nSPS) is 15.7. The lowest BCUT2D eigenvalue weighted by molar-refractivity contribution is -0.786. The summed E-state index contributed by atoms with van der Waals surface area (Å²) in [6.45, 7) is 3.39. The molecule has 0 aliphatic carbocycles. The molecule has 0 heterocycles. The van der Waals surface area contributed by atoms with Crippen LogP contribution in [0.1, 0.15) is 20.8 Å². The molecule has 0 fully saturated rings. The first kappa shape index (κ1) is 14.1. The van der Waals surface area contributed by atoms with Crippen LogP contribution in [0.4, 0.5) is 0 Å². The molecule has 0 radical (unpaired) electrons. The molecule has 0 aromatic carbocycles. The van der Waals surface area contributed by atoms with Crippen LogP contribution in [0, 0.1) is 20.2 Å². The zero-order valence-electron chi connectivity index (χ0n) is 9.04. The van der Waals surface area contributed by atoms with Gasteiger partial charge in [0.25, 0.3) is 10.7 Å². The molecule has 0 saturated carbocycles.